The standard InChI is InChI=1S/C30H30FN3O3/c1-21-7-13-25(14-8-21)34-28(35)19-27(30(34)37)33(29(36)23-9-11-24(31)12-10-23)26-15-17-32(18-16-26)20-22-5-3-2-4-6-22/h2-14,26-27H,15-20H2,1H3. The summed E-state index contributed by atoms with van der Waals surface area (Å²) < 4.78 is 13.6. The Morgan fingerprint density at radius 2 is 1.57 bits per heavy atom. The van der Waals surface area contributed by atoms with Gasteiger partial charge in [-0.05, 0) is 61.7 Å². The van der Waals surface area contributed by atoms with Crippen LogP contribution in [0.3, 0.4) is 0 Å². The van der Waals surface area contributed by atoms with Gasteiger partial charge in [-0.15, -0.1) is 0 Å². The summed E-state index contributed by atoms with van der Waals surface area (Å²) in [5.74, 6) is -1.50. The van der Waals surface area contributed by atoms with Crippen LogP contribution < -0.4 is 4.90 Å². The van der Waals surface area contributed by atoms with E-state index in [2.05, 4.69) is 17.0 Å². The molecule has 1 unspecified atom stereocenters. The topological polar surface area (TPSA) is 60.9 Å². The van der Waals surface area contributed by atoms with Crippen LogP contribution in [0.15, 0.2) is 78.9 Å². The van der Waals surface area contributed by atoms with Crippen LogP contribution in [0.1, 0.15) is 40.7 Å². The highest BCUT2D eigenvalue weighted by Gasteiger charge is 2.47. The first-order valence-electron chi connectivity index (χ1n) is 12.7. The van der Waals surface area contributed by atoms with Gasteiger partial charge in [0.2, 0.25) is 5.91 Å². The van der Waals surface area contributed by atoms with E-state index in [1.165, 1.54) is 34.7 Å². The van der Waals surface area contributed by atoms with Crippen molar-refractivity contribution >= 4 is 23.4 Å². The van der Waals surface area contributed by atoms with E-state index < -0.39 is 17.8 Å². The Balaban J connectivity index is 1.39. The molecule has 0 aromatic heterocycles. The minimum Gasteiger partial charge on any atom is -0.323 e. The number of halogens is 1. The fourth-order valence-corrected chi connectivity index (χ4v) is 5.30. The second kappa shape index (κ2) is 10.6. The molecule has 0 radical (unpaired) electrons. The van der Waals surface area contributed by atoms with E-state index in [4.69, 9.17) is 0 Å². The number of hydrogen-bond acceptors (Lipinski definition) is 4. The second-order valence-electron chi connectivity index (χ2n) is 9.84. The molecule has 2 saturated heterocycles. The van der Waals surface area contributed by atoms with Crippen molar-refractivity contribution in [2.45, 2.75) is 44.8 Å². The van der Waals surface area contributed by atoms with Gasteiger partial charge in [-0.1, -0.05) is 48.0 Å². The SMILES string of the molecule is Cc1ccc(N2C(=O)CC(N(C(=O)c3ccc(F)cc3)C3CCN(Cc4ccccc4)CC3)C2=O)cc1. The summed E-state index contributed by atoms with van der Waals surface area (Å²) in [6, 6.07) is 21.7. The van der Waals surface area contributed by atoms with Gasteiger partial charge in [0.05, 0.1) is 12.1 Å². The zero-order chi connectivity index (χ0) is 25.9. The Morgan fingerprint density at radius 3 is 2.22 bits per heavy atom. The van der Waals surface area contributed by atoms with E-state index in [0.29, 0.717) is 24.1 Å². The summed E-state index contributed by atoms with van der Waals surface area (Å²) in [5, 5.41) is 0. The van der Waals surface area contributed by atoms with E-state index in [1.54, 1.807) is 17.0 Å². The molecule has 0 spiro atoms. The van der Waals surface area contributed by atoms with Crippen LogP contribution >= 0.6 is 0 Å². The van der Waals surface area contributed by atoms with Crippen molar-refractivity contribution in [1.82, 2.24) is 9.80 Å². The number of piperidine rings is 1. The van der Waals surface area contributed by atoms with Gasteiger partial charge in [0, 0.05) is 31.2 Å². The lowest BCUT2D eigenvalue weighted by Gasteiger charge is -2.40. The molecule has 2 heterocycles. The van der Waals surface area contributed by atoms with E-state index in [-0.39, 0.29) is 24.3 Å². The summed E-state index contributed by atoms with van der Waals surface area (Å²) in [4.78, 5) is 45.6. The van der Waals surface area contributed by atoms with Gasteiger partial charge in [-0.3, -0.25) is 19.3 Å². The Bertz CT molecular complexity index is 1270. The van der Waals surface area contributed by atoms with Gasteiger partial charge >= 0.3 is 0 Å². The normalized spacial score (nSPS) is 18.9. The van der Waals surface area contributed by atoms with Crippen LogP contribution in [-0.4, -0.2) is 52.7 Å². The van der Waals surface area contributed by atoms with Crippen molar-refractivity contribution in [2.24, 2.45) is 0 Å². The molecule has 0 aliphatic carbocycles. The second-order valence-corrected chi connectivity index (χ2v) is 9.84. The fraction of sp³-hybridized carbons (Fsp3) is 0.300. The number of amides is 3. The van der Waals surface area contributed by atoms with Crippen LogP contribution in [0.2, 0.25) is 0 Å². The molecule has 3 amide bonds. The van der Waals surface area contributed by atoms with Crippen molar-refractivity contribution in [1.29, 1.82) is 0 Å². The van der Waals surface area contributed by atoms with Gasteiger partial charge in [0.25, 0.3) is 11.8 Å². The summed E-state index contributed by atoms with van der Waals surface area (Å²) in [7, 11) is 0. The first-order chi connectivity index (χ1) is 17.9. The van der Waals surface area contributed by atoms with Crippen molar-refractivity contribution in [3.05, 3.63) is 101 Å². The number of anilines is 1. The van der Waals surface area contributed by atoms with Gasteiger partial charge in [-0.25, -0.2) is 9.29 Å². The Hall–Kier alpha value is -3.84. The molecular formula is C30H30FN3O3. The zero-order valence-electron chi connectivity index (χ0n) is 20.8. The molecule has 2 aliphatic heterocycles. The zero-order valence-corrected chi connectivity index (χ0v) is 20.8. The van der Waals surface area contributed by atoms with Crippen molar-refractivity contribution in [2.75, 3.05) is 18.0 Å². The summed E-state index contributed by atoms with van der Waals surface area (Å²) >= 11 is 0. The number of imide groups is 1. The maximum atomic E-state index is 13.8. The van der Waals surface area contributed by atoms with Crippen LogP contribution in [-0.2, 0) is 16.1 Å². The summed E-state index contributed by atoms with van der Waals surface area (Å²) in [5.41, 5.74) is 3.07. The lowest BCUT2D eigenvalue weighted by atomic mass is 9.98. The third-order valence-corrected chi connectivity index (χ3v) is 7.28. The Morgan fingerprint density at radius 1 is 0.919 bits per heavy atom. The molecule has 37 heavy (non-hydrogen) atoms. The molecule has 5 rings (SSSR count). The number of nitrogens with zero attached hydrogens (tertiary/aromatic N) is 3. The largest absolute Gasteiger partial charge is 0.323 e. The highest BCUT2D eigenvalue weighted by atomic mass is 19.1. The molecule has 7 heteroatoms. The first-order valence-corrected chi connectivity index (χ1v) is 12.7. The predicted octanol–water partition coefficient (Wildman–Crippen LogP) is 4.57. The van der Waals surface area contributed by atoms with Gasteiger partial charge in [-0.2, -0.15) is 0 Å². The molecule has 0 saturated carbocycles. The molecule has 3 aromatic carbocycles. The van der Waals surface area contributed by atoms with Gasteiger partial charge < -0.3 is 4.90 Å². The summed E-state index contributed by atoms with van der Waals surface area (Å²) in [6.45, 7) is 4.29. The van der Waals surface area contributed by atoms with Gasteiger partial charge in [0.15, 0.2) is 0 Å². The number of carbonyl (C=O) groups is 3. The summed E-state index contributed by atoms with van der Waals surface area (Å²) in [6.07, 6.45) is 1.30. The molecule has 2 aliphatic rings. The molecule has 1 atom stereocenters. The van der Waals surface area contributed by atoms with Crippen molar-refractivity contribution < 1.29 is 18.8 Å². The molecule has 190 valence electrons. The smallest absolute Gasteiger partial charge is 0.257 e. The van der Waals surface area contributed by atoms with Crippen molar-refractivity contribution in [3.63, 3.8) is 0 Å². The highest BCUT2D eigenvalue weighted by molar-refractivity contribution is 6.23. The number of likely N-dealkylation sites (tertiary alicyclic amines) is 1. The molecular weight excluding hydrogens is 469 g/mol. The number of benzene rings is 3. The predicted molar refractivity (Wildman–Crippen MR) is 139 cm³/mol. The minimum atomic E-state index is -0.892. The highest BCUT2D eigenvalue weighted by Crippen LogP contribution is 2.31. The lowest BCUT2D eigenvalue weighted by molar-refractivity contribution is -0.123. The van der Waals surface area contributed by atoms with E-state index in [0.717, 1.165) is 25.2 Å². The number of carbonyl (C=O) groups excluding carboxylic acids is 3. The van der Waals surface area contributed by atoms with Crippen molar-refractivity contribution in [3.8, 4) is 0 Å². The van der Waals surface area contributed by atoms with Crippen LogP contribution in [0.25, 0.3) is 0 Å². The van der Waals surface area contributed by atoms with E-state index in [1.807, 2.05) is 37.3 Å². The lowest BCUT2D eigenvalue weighted by Crippen LogP contribution is -2.54. The molecule has 0 N–H and O–H groups in total. The van der Waals surface area contributed by atoms with Crippen LogP contribution in [0, 0.1) is 12.7 Å². The van der Waals surface area contributed by atoms with Crippen LogP contribution in [0.5, 0.6) is 0 Å². The molecule has 6 nitrogen and oxygen atoms in total. The Kier molecular flexibility index (Phi) is 7.15. The first kappa shape index (κ1) is 24.8. The monoisotopic (exact) mass is 499 g/mol. The Labute approximate surface area is 216 Å². The van der Waals surface area contributed by atoms with Crippen LogP contribution in [0.4, 0.5) is 10.1 Å². The third-order valence-electron chi connectivity index (χ3n) is 7.28. The minimum absolute atomic E-state index is 0.0656. The average molecular weight is 500 g/mol. The number of aryl methyl sites for hydroxylation is 1. The average Bonchev–Trinajstić information content (AvgIpc) is 3.20. The quantitative estimate of drug-likeness (QED) is 0.466. The maximum Gasteiger partial charge on any atom is 0.257 e. The number of hydrogen-bond donors (Lipinski definition) is 0. The molecule has 0 bridgehead atoms. The fourth-order valence-electron chi connectivity index (χ4n) is 5.30. The number of rotatable bonds is 6. The van der Waals surface area contributed by atoms with E-state index >= 15 is 0 Å². The maximum absolute atomic E-state index is 13.8. The third kappa shape index (κ3) is 5.32. The molecule has 2 fully saturated rings. The van der Waals surface area contributed by atoms with E-state index in [9.17, 15) is 18.8 Å². The van der Waals surface area contributed by atoms with Gasteiger partial charge in [0.1, 0.15) is 11.9 Å². The molecule has 3 aromatic rings.